The van der Waals surface area contributed by atoms with Crippen molar-refractivity contribution in [2.45, 2.75) is 40.0 Å². The number of hydrogen-bond acceptors (Lipinski definition) is 3. The lowest BCUT2D eigenvalue weighted by Crippen LogP contribution is -2.49. The Morgan fingerprint density at radius 1 is 1.09 bits per heavy atom. The normalized spacial score (nSPS) is 22.9. The van der Waals surface area contributed by atoms with Crippen molar-refractivity contribution in [2.75, 3.05) is 53.1 Å². The fourth-order valence-electron chi connectivity index (χ4n) is 2.97. The lowest BCUT2D eigenvalue weighted by atomic mass is 9.92. The van der Waals surface area contributed by atoms with Gasteiger partial charge in [-0.3, -0.25) is 4.99 Å². The van der Waals surface area contributed by atoms with Crippen molar-refractivity contribution in [1.29, 1.82) is 0 Å². The van der Waals surface area contributed by atoms with E-state index in [-0.39, 0.29) is 0 Å². The van der Waals surface area contributed by atoms with Crippen molar-refractivity contribution in [2.24, 2.45) is 16.8 Å². The van der Waals surface area contributed by atoms with Crippen LogP contribution in [0.4, 0.5) is 0 Å². The van der Waals surface area contributed by atoms with E-state index >= 15 is 0 Å². The Bertz CT molecular complexity index is 300. The van der Waals surface area contributed by atoms with Crippen molar-refractivity contribution in [3.05, 3.63) is 0 Å². The smallest absolute Gasteiger partial charge is 0.193 e. The highest BCUT2D eigenvalue weighted by Gasteiger charge is 2.23. The van der Waals surface area contributed by atoms with Gasteiger partial charge in [-0.05, 0) is 24.7 Å². The van der Waals surface area contributed by atoms with Gasteiger partial charge in [-0.2, -0.15) is 0 Å². The lowest BCUT2D eigenvalue weighted by molar-refractivity contribution is 0.0485. The molecule has 0 amide bonds. The molecule has 5 heteroatoms. The summed E-state index contributed by atoms with van der Waals surface area (Å²) in [5, 5.41) is 3.40. The average molecular weight is 313 g/mol. The number of nitrogens with zero attached hydrogens (tertiary/aromatic N) is 2. The summed E-state index contributed by atoms with van der Waals surface area (Å²) in [4.78, 5) is 6.77. The zero-order chi connectivity index (χ0) is 16.2. The molecule has 1 saturated heterocycles. The second-order valence-corrected chi connectivity index (χ2v) is 6.40. The Hall–Kier alpha value is -0.810. The van der Waals surface area contributed by atoms with Gasteiger partial charge in [0.05, 0.1) is 19.8 Å². The van der Waals surface area contributed by atoms with E-state index < -0.39 is 0 Å². The molecule has 2 unspecified atom stereocenters. The fourth-order valence-corrected chi connectivity index (χ4v) is 2.97. The van der Waals surface area contributed by atoms with Gasteiger partial charge in [0.1, 0.15) is 0 Å². The predicted molar refractivity (Wildman–Crippen MR) is 92.4 cm³/mol. The third-order valence-corrected chi connectivity index (χ3v) is 3.92. The van der Waals surface area contributed by atoms with E-state index in [1.807, 2.05) is 7.05 Å². The van der Waals surface area contributed by atoms with E-state index in [0.29, 0.717) is 19.8 Å². The summed E-state index contributed by atoms with van der Waals surface area (Å²) in [5.74, 6) is 2.47. The number of aliphatic imine (C=N–C) groups is 1. The van der Waals surface area contributed by atoms with E-state index in [1.54, 1.807) is 0 Å². The Morgan fingerprint density at radius 3 is 2.32 bits per heavy atom. The van der Waals surface area contributed by atoms with Crippen LogP contribution in [0.15, 0.2) is 4.99 Å². The average Bonchev–Trinajstić information content (AvgIpc) is 2.48. The molecule has 0 aliphatic carbocycles. The Balaban J connectivity index is 2.09. The highest BCUT2D eigenvalue weighted by Crippen LogP contribution is 2.20. The predicted octanol–water partition coefficient (Wildman–Crippen LogP) is 2.37. The second-order valence-electron chi connectivity index (χ2n) is 6.40. The molecule has 1 aliphatic heterocycles. The first-order chi connectivity index (χ1) is 10.7. The minimum atomic E-state index is 0.668. The number of ether oxygens (including phenoxy) is 2. The molecule has 1 aliphatic rings. The number of unbranched alkanes of at least 4 members (excludes halogenated alkanes) is 1. The summed E-state index contributed by atoms with van der Waals surface area (Å²) in [5.41, 5.74) is 0. The number of hydrogen-bond donors (Lipinski definition) is 1. The summed E-state index contributed by atoms with van der Waals surface area (Å²) in [6.07, 6.45) is 3.62. The van der Waals surface area contributed by atoms with E-state index in [4.69, 9.17) is 9.47 Å². The first kappa shape index (κ1) is 19.2. The van der Waals surface area contributed by atoms with Crippen LogP contribution in [0.5, 0.6) is 0 Å². The number of nitrogens with one attached hydrogen (secondary N) is 1. The van der Waals surface area contributed by atoms with Gasteiger partial charge in [0, 0.05) is 33.3 Å². The Labute approximate surface area is 136 Å². The molecule has 0 aromatic carbocycles. The van der Waals surface area contributed by atoms with Crippen LogP contribution in [0.1, 0.15) is 40.0 Å². The van der Waals surface area contributed by atoms with E-state index in [9.17, 15) is 0 Å². The molecule has 1 N–H and O–H groups in total. The minimum absolute atomic E-state index is 0.668. The van der Waals surface area contributed by atoms with Crippen LogP contribution in [0.2, 0.25) is 0 Å². The molecule has 0 spiro atoms. The molecule has 0 radical (unpaired) electrons. The monoisotopic (exact) mass is 313 g/mol. The van der Waals surface area contributed by atoms with Crippen molar-refractivity contribution < 1.29 is 9.47 Å². The van der Waals surface area contributed by atoms with Crippen molar-refractivity contribution in [3.8, 4) is 0 Å². The van der Waals surface area contributed by atoms with Gasteiger partial charge in [-0.15, -0.1) is 0 Å². The van der Waals surface area contributed by atoms with Crippen LogP contribution in [0.3, 0.4) is 0 Å². The highest BCUT2D eigenvalue weighted by atomic mass is 16.5. The summed E-state index contributed by atoms with van der Waals surface area (Å²) >= 11 is 0. The van der Waals surface area contributed by atoms with Gasteiger partial charge in [-0.25, -0.2) is 0 Å². The zero-order valence-corrected chi connectivity index (χ0v) is 14.9. The molecule has 1 fully saturated rings. The lowest BCUT2D eigenvalue weighted by Gasteiger charge is -2.37. The van der Waals surface area contributed by atoms with Gasteiger partial charge in [0.25, 0.3) is 0 Å². The largest absolute Gasteiger partial charge is 0.379 e. The molecule has 0 bridgehead atoms. The van der Waals surface area contributed by atoms with Crippen LogP contribution >= 0.6 is 0 Å². The maximum atomic E-state index is 5.58. The quantitative estimate of drug-likeness (QED) is 0.403. The standard InChI is InChI=1S/C17H35N3O2/c1-5-6-8-21-10-11-22-9-7-19-17(18-4)20-13-15(2)12-16(3)14-20/h15-16H,5-14H2,1-4H3,(H,18,19). The first-order valence-corrected chi connectivity index (χ1v) is 8.78. The van der Waals surface area contributed by atoms with Crippen LogP contribution in [-0.4, -0.2) is 64.0 Å². The third kappa shape index (κ3) is 7.99. The SMILES string of the molecule is CCCCOCCOCCNC(=NC)N1CC(C)CC(C)C1. The second kappa shape index (κ2) is 11.7. The Kier molecular flexibility index (Phi) is 10.2. The Morgan fingerprint density at radius 2 is 1.73 bits per heavy atom. The summed E-state index contributed by atoms with van der Waals surface area (Å²) in [6.45, 7) is 12.7. The first-order valence-electron chi connectivity index (χ1n) is 8.78. The molecular weight excluding hydrogens is 278 g/mol. The molecule has 1 heterocycles. The van der Waals surface area contributed by atoms with Gasteiger partial charge in [0.15, 0.2) is 5.96 Å². The highest BCUT2D eigenvalue weighted by molar-refractivity contribution is 5.80. The van der Waals surface area contributed by atoms with Crippen molar-refractivity contribution in [1.82, 2.24) is 10.2 Å². The number of piperidine rings is 1. The molecule has 0 saturated carbocycles. The molecular formula is C17H35N3O2. The maximum Gasteiger partial charge on any atom is 0.193 e. The topological polar surface area (TPSA) is 46.1 Å². The van der Waals surface area contributed by atoms with Crippen molar-refractivity contribution >= 4 is 5.96 Å². The van der Waals surface area contributed by atoms with Crippen LogP contribution in [0.25, 0.3) is 0 Å². The molecule has 1 rings (SSSR count). The number of guanidine groups is 1. The number of likely N-dealkylation sites (tertiary alicyclic amines) is 1. The zero-order valence-electron chi connectivity index (χ0n) is 14.9. The van der Waals surface area contributed by atoms with E-state index in [0.717, 1.165) is 50.5 Å². The minimum Gasteiger partial charge on any atom is -0.379 e. The molecule has 5 nitrogen and oxygen atoms in total. The summed E-state index contributed by atoms with van der Waals surface area (Å²) in [7, 11) is 1.86. The van der Waals surface area contributed by atoms with Gasteiger partial charge in [-0.1, -0.05) is 27.2 Å². The molecule has 0 aromatic heterocycles. The summed E-state index contributed by atoms with van der Waals surface area (Å²) < 4.78 is 11.0. The number of rotatable bonds is 9. The van der Waals surface area contributed by atoms with E-state index in [2.05, 4.69) is 36.0 Å². The molecule has 22 heavy (non-hydrogen) atoms. The van der Waals surface area contributed by atoms with Crippen LogP contribution < -0.4 is 5.32 Å². The van der Waals surface area contributed by atoms with Crippen LogP contribution in [-0.2, 0) is 9.47 Å². The summed E-state index contributed by atoms with van der Waals surface area (Å²) in [6, 6.07) is 0. The maximum absolute atomic E-state index is 5.58. The van der Waals surface area contributed by atoms with Crippen molar-refractivity contribution in [3.63, 3.8) is 0 Å². The van der Waals surface area contributed by atoms with Crippen LogP contribution in [0, 0.1) is 11.8 Å². The van der Waals surface area contributed by atoms with Gasteiger partial charge < -0.3 is 19.7 Å². The van der Waals surface area contributed by atoms with E-state index in [1.165, 1.54) is 12.8 Å². The van der Waals surface area contributed by atoms with Gasteiger partial charge in [0.2, 0.25) is 0 Å². The third-order valence-electron chi connectivity index (χ3n) is 3.92. The molecule has 130 valence electrons. The molecule has 2 atom stereocenters. The molecule has 0 aromatic rings. The van der Waals surface area contributed by atoms with Gasteiger partial charge >= 0.3 is 0 Å². The fraction of sp³-hybridized carbons (Fsp3) is 0.941.